The highest BCUT2D eigenvalue weighted by Crippen LogP contribution is 2.31. The zero-order valence-electron chi connectivity index (χ0n) is 16.2. The van der Waals surface area contributed by atoms with Crippen molar-refractivity contribution in [2.24, 2.45) is 10.9 Å². The summed E-state index contributed by atoms with van der Waals surface area (Å²) in [6.07, 6.45) is 2.14. The lowest BCUT2D eigenvalue weighted by atomic mass is 10.1. The Morgan fingerprint density at radius 1 is 1.27 bits per heavy atom. The number of para-hydroxylation sites is 2. The van der Waals surface area contributed by atoms with E-state index in [0.717, 1.165) is 63.9 Å². The standard InChI is InChI=1S/C19H32N4O2.HI/c1-4-20-19(21-11-7-13-24-2)22-14-16-10-12-23(15-16)17-8-5-6-9-18(17)25-3;/h5-6,8-9,16H,4,7,10-15H2,1-3H3,(H2,20,21,22);1H. The lowest BCUT2D eigenvalue weighted by Gasteiger charge is -2.21. The van der Waals surface area contributed by atoms with Crippen LogP contribution in [0.2, 0.25) is 0 Å². The van der Waals surface area contributed by atoms with Crippen LogP contribution in [-0.2, 0) is 4.74 Å². The zero-order valence-corrected chi connectivity index (χ0v) is 18.5. The van der Waals surface area contributed by atoms with Crippen molar-refractivity contribution in [1.82, 2.24) is 10.6 Å². The minimum atomic E-state index is 0. The van der Waals surface area contributed by atoms with Gasteiger partial charge in [-0.2, -0.15) is 0 Å². The molecule has 2 N–H and O–H groups in total. The molecule has 0 radical (unpaired) electrons. The van der Waals surface area contributed by atoms with Crippen molar-refractivity contribution in [3.63, 3.8) is 0 Å². The van der Waals surface area contributed by atoms with Crippen molar-refractivity contribution in [2.45, 2.75) is 19.8 Å². The number of nitrogens with zero attached hydrogens (tertiary/aromatic N) is 2. The maximum atomic E-state index is 5.49. The Hall–Kier alpha value is -1.22. The Kier molecular flexibility index (Phi) is 11.4. The first-order valence-corrected chi connectivity index (χ1v) is 9.17. The number of rotatable bonds is 9. The van der Waals surface area contributed by atoms with E-state index < -0.39 is 0 Å². The summed E-state index contributed by atoms with van der Waals surface area (Å²) in [7, 11) is 3.46. The molecule has 26 heavy (non-hydrogen) atoms. The second kappa shape index (κ2) is 13.0. The van der Waals surface area contributed by atoms with E-state index in [9.17, 15) is 0 Å². The number of guanidine groups is 1. The molecule has 1 aliphatic rings. The highest BCUT2D eigenvalue weighted by atomic mass is 127. The van der Waals surface area contributed by atoms with Gasteiger partial charge >= 0.3 is 0 Å². The molecule has 0 saturated carbocycles. The summed E-state index contributed by atoms with van der Waals surface area (Å²) in [5.41, 5.74) is 1.18. The largest absolute Gasteiger partial charge is 0.495 e. The fraction of sp³-hybridized carbons (Fsp3) is 0.632. The molecule has 0 aliphatic carbocycles. The molecule has 1 unspecified atom stereocenters. The summed E-state index contributed by atoms with van der Waals surface area (Å²) in [4.78, 5) is 7.16. The molecule has 2 rings (SSSR count). The third-order valence-electron chi connectivity index (χ3n) is 4.38. The third-order valence-corrected chi connectivity index (χ3v) is 4.38. The van der Waals surface area contributed by atoms with Crippen LogP contribution in [-0.4, -0.2) is 59.5 Å². The van der Waals surface area contributed by atoms with Gasteiger partial charge in [0.25, 0.3) is 0 Å². The fourth-order valence-corrected chi connectivity index (χ4v) is 3.08. The van der Waals surface area contributed by atoms with Crippen LogP contribution in [0.25, 0.3) is 0 Å². The van der Waals surface area contributed by atoms with Crippen LogP contribution in [0.5, 0.6) is 5.75 Å². The number of benzene rings is 1. The SMILES string of the molecule is CCNC(=NCC1CCN(c2ccccc2OC)C1)NCCCOC.I. The maximum Gasteiger partial charge on any atom is 0.191 e. The van der Waals surface area contributed by atoms with E-state index in [1.165, 1.54) is 5.69 Å². The molecule has 7 heteroatoms. The normalized spacial score (nSPS) is 17.0. The minimum Gasteiger partial charge on any atom is -0.495 e. The number of methoxy groups -OCH3 is 2. The van der Waals surface area contributed by atoms with Gasteiger partial charge in [0.2, 0.25) is 0 Å². The van der Waals surface area contributed by atoms with Crippen LogP contribution in [0.3, 0.4) is 0 Å². The third kappa shape index (κ3) is 7.19. The lowest BCUT2D eigenvalue weighted by molar-refractivity contribution is 0.195. The average Bonchev–Trinajstić information content (AvgIpc) is 3.12. The number of halogens is 1. The van der Waals surface area contributed by atoms with Crippen molar-refractivity contribution in [2.75, 3.05) is 58.5 Å². The predicted molar refractivity (Wildman–Crippen MR) is 119 cm³/mol. The van der Waals surface area contributed by atoms with Crippen molar-refractivity contribution in [1.29, 1.82) is 0 Å². The second-order valence-electron chi connectivity index (χ2n) is 6.27. The first kappa shape index (κ1) is 22.8. The highest BCUT2D eigenvalue weighted by Gasteiger charge is 2.24. The van der Waals surface area contributed by atoms with Gasteiger partial charge in [0.1, 0.15) is 5.75 Å². The molecule has 0 amide bonds. The van der Waals surface area contributed by atoms with E-state index in [1.807, 2.05) is 12.1 Å². The van der Waals surface area contributed by atoms with Gasteiger partial charge < -0.3 is 25.0 Å². The van der Waals surface area contributed by atoms with Crippen molar-refractivity contribution in [3.05, 3.63) is 24.3 Å². The van der Waals surface area contributed by atoms with Crippen LogP contribution in [0.4, 0.5) is 5.69 Å². The molecule has 0 aromatic heterocycles. The van der Waals surface area contributed by atoms with E-state index in [4.69, 9.17) is 14.5 Å². The van der Waals surface area contributed by atoms with Crippen molar-refractivity contribution >= 4 is 35.6 Å². The summed E-state index contributed by atoms with van der Waals surface area (Å²) < 4.78 is 10.6. The summed E-state index contributed by atoms with van der Waals surface area (Å²) in [5.74, 6) is 2.41. The van der Waals surface area contributed by atoms with Gasteiger partial charge in [-0.25, -0.2) is 0 Å². The molecule has 1 fully saturated rings. The molecule has 1 aliphatic heterocycles. The first-order valence-electron chi connectivity index (χ1n) is 9.17. The van der Waals surface area contributed by atoms with Gasteiger partial charge in [-0.1, -0.05) is 12.1 Å². The van der Waals surface area contributed by atoms with E-state index in [-0.39, 0.29) is 24.0 Å². The Bertz CT molecular complexity index is 542. The molecule has 148 valence electrons. The minimum absolute atomic E-state index is 0. The molecule has 1 heterocycles. The Morgan fingerprint density at radius 2 is 2.08 bits per heavy atom. The average molecular weight is 476 g/mol. The number of hydrogen-bond donors (Lipinski definition) is 2. The Labute approximate surface area is 174 Å². The molecule has 1 aromatic carbocycles. The van der Waals surface area contributed by atoms with Gasteiger partial charge in [-0.3, -0.25) is 4.99 Å². The Morgan fingerprint density at radius 3 is 2.81 bits per heavy atom. The smallest absolute Gasteiger partial charge is 0.191 e. The summed E-state index contributed by atoms with van der Waals surface area (Å²) in [6, 6.07) is 8.23. The van der Waals surface area contributed by atoms with E-state index in [2.05, 4.69) is 34.6 Å². The number of aliphatic imine (C=N–C) groups is 1. The van der Waals surface area contributed by atoms with Crippen LogP contribution >= 0.6 is 24.0 Å². The number of anilines is 1. The van der Waals surface area contributed by atoms with Gasteiger partial charge in [0, 0.05) is 46.4 Å². The molecule has 0 spiro atoms. The van der Waals surface area contributed by atoms with Crippen molar-refractivity contribution in [3.8, 4) is 5.75 Å². The van der Waals surface area contributed by atoms with Gasteiger partial charge in [0.15, 0.2) is 5.96 Å². The predicted octanol–water partition coefficient (Wildman–Crippen LogP) is 2.73. The fourth-order valence-electron chi connectivity index (χ4n) is 3.08. The van der Waals surface area contributed by atoms with Crippen LogP contribution in [0.1, 0.15) is 19.8 Å². The van der Waals surface area contributed by atoms with E-state index >= 15 is 0 Å². The molecule has 0 bridgehead atoms. The van der Waals surface area contributed by atoms with Gasteiger partial charge in [-0.15, -0.1) is 24.0 Å². The number of nitrogens with one attached hydrogen (secondary N) is 2. The van der Waals surface area contributed by atoms with E-state index in [0.29, 0.717) is 5.92 Å². The van der Waals surface area contributed by atoms with Crippen LogP contribution < -0.4 is 20.3 Å². The lowest BCUT2D eigenvalue weighted by Crippen LogP contribution is -2.38. The molecule has 6 nitrogen and oxygen atoms in total. The summed E-state index contributed by atoms with van der Waals surface area (Å²) in [6.45, 7) is 7.51. The summed E-state index contributed by atoms with van der Waals surface area (Å²) >= 11 is 0. The Balaban J connectivity index is 0.00000338. The topological polar surface area (TPSA) is 58.1 Å². The monoisotopic (exact) mass is 476 g/mol. The second-order valence-corrected chi connectivity index (χ2v) is 6.27. The molecule has 1 atom stereocenters. The zero-order chi connectivity index (χ0) is 17.9. The molecule has 1 saturated heterocycles. The van der Waals surface area contributed by atoms with Crippen molar-refractivity contribution < 1.29 is 9.47 Å². The molecule has 1 aromatic rings. The highest BCUT2D eigenvalue weighted by molar-refractivity contribution is 14.0. The summed E-state index contributed by atoms with van der Waals surface area (Å²) in [5, 5.41) is 6.67. The van der Waals surface area contributed by atoms with Crippen LogP contribution in [0, 0.1) is 5.92 Å². The van der Waals surface area contributed by atoms with E-state index in [1.54, 1.807) is 14.2 Å². The molecular formula is C19H33IN4O2. The number of hydrogen-bond acceptors (Lipinski definition) is 4. The maximum absolute atomic E-state index is 5.49. The van der Waals surface area contributed by atoms with Gasteiger partial charge in [-0.05, 0) is 37.8 Å². The first-order chi connectivity index (χ1) is 12.3. The van der Waals surface area contributed by atoms with Gasteiger partial charge in [0.05, 0.1) is 12.8 Å². The quantitative estimate of drug-likeness (QED) is 0.249. The molecular weight excluding hydrogens is 443 g/mol. The van der Waals surface area contributed by atoms with Crippen LogP contribution in [0.15, 0.2) is 29.3 Å². The number of ether oxygens (including phenoxy) is 2.